The maximum absolute atomic E-state index is 12.0. The van der Waals surface area contributed by atoms with Gasteiger partial charge in [-0.2, -0.15) is 0 Å². The number of halogens is 1. The molecule has 100 valence electrons. The van der Waals surface area contributed by atoms with Crippen molar-refractivity contribution in [1.82, 2.24) is 5.16 Å². The average molecular weight is 341 g/mol. The largest absolute Gasteiger partial charge is 0.360 e. The molecule has 1 heterocycles. The fourth-order valence-corrected chi connectivity index (χ4v) is 2.89. The van der Waals surface area contributed by atoms with E-state index >= 15 is 0 Å². The number of anilines is 1. The molecule has 4 nitrogen and oxygen atoms in total. The summed E-state index contributed by atoms with van der Waals surface area (Å²) in [5.41, 5.74) is 0. The highest BCUT2D eigenvalue weighted by molar-refractivity contribution is 9.10. The number of carbonyl (C=O) groups excluding carboxylic acids is 1. The molecule has 1 aromatic heterocycles. The van der Waals surface area contributed by atoms with E-state index in [0.29, 0.717) is 11.6 Å². The number of nitrogens with one attached hydrogen (secondary N) is 1. The number of thioether (sulfide) groups is 1. The summed E-state index contributed by atoms with van der Waals surface area (Å²) in [7, 11) is 0. The van der Waals surface area contributed by atoms with E-state index < -0.39 is 0 Å². The van der Waals surface area contributed by atoms with Crippen LogP contribution in [-0.2, 0) is 4.79 Å². The first-order valence-electron chi connectivity index (χ1n) is 5.71. The molecular formula is C13H13BrN2O2S. The van der Waals surface area contributed by atoms with Crippen molar-refractivity contribution in [3.8, 4) is 0 Å². The van der Waals surface area contributed by atoms with Crippen molar-refractivity contribution < 1.29 is 9.32 Å². The number of carbonyl (C=O) groups is 1. The van der Waals surface area contributed by atoms with Crippen LogP contribution in [0.5, 0.6) is 0 Å². The normalized spacial score (nSPS) is 12.2. The molecule has 0 unspecified atom stereocenters. The fourth-order valence-electron chi connectivity index (χ4n) is 1.44. The predicted molar refractivity (Wildman–Crippen MR) is 79.3 cm³/mol. The number of benzene rings is 1. The summed E-state index contributed by atoms with van der Waals surface area (Å²) >= 11 is 4.95. The van der Waals surface area contributed by atoms with E-state index in [0.717, 1.165) is 9.37 Å². The topological polar surface area (TPSA) is 55.1 Å². The third kappa shape index (κ3) is 3.84. The Hall–Kier alpha value is -1.27. The molecule has 0 saturated carbocycles. The molecule has 0 aliphatic carbocycles. The molecule has 1 amide bonds. The first-order chi connectivity index (χ1) is 9.06. The van der Waals surface area contributed by atoms with Crippen molar-refractivity contribution in [3.05, 3.63) is 40.6 Å². The van der Waals surface area contributed by atoms with Gasteiger partial charge >= 0.3 is 0 Å². The van der Waals surface area contributed by atoms with Crippen molar-refractivity contribution in [2.75, 3.05) is 5.32 Å². The predicted octanol–water partition coefficient (Wildman–Crippen LogP) is 3.86. The second kappa shape index (κ2) is 6.25. The molecule has 6 heteroatoms. The van der Waals surface area contributed by atoms with Crippen LogP contribution in [0.25, 0.3) is 0 Å². The van der Waals surface area contributed by atoms with E-state index in [1.54, 1.807) is 13.0 Å². The van der Waals surface area contributed by atoms with Gasteiger partial charge in [0.15, 0.2) is 5.82 Å². The molecule has 0 bridgehead atoms. The number of hydrogen-bond acceptors (Lipinski definition) is 4. The minimum Gasteiger partial charge on any atom is -0.360 e. The maximum atomic E-state index is 12.0. The lowest BCUT2D eigenvalue weighted by Gasteiger charge is -2.11. The summed E-state index contributed by atoms with van der Waals surface area (Å²) in [5, 5.41) is 6.23. The van der Waals surface area contributed by atoms with E-state index in [1.165, 1.54) is 11.8 Å². The van der Waals surface area contributed by atoms with Gasteiger partial charge in [0.1, 0.15) is 5.76 Å². The number of aromatic nitrogens is 1. The first kappa shape index (κ1) is 14.1. The zero-order chi connectivity index (χ0) is 13.8. The number of aryl methyl sites for hydroxylation is 1. The lowest BCUT2D eigenvalue weighted by molar-refractivity contribution is -0.115. The third-order valence-electron chi connectivity index (χ3n) is 2.39. The molecule has 2 aromatic rings. The van der Waals surface area contributed by atoms with Gasteiger partial charge in [-0.3, -0.25) is 4.79 Å². The van der Waals surface area contributed by atoms with Crippen molar-refractivity contribution in [2.24, 2.45) is 0 Å². The summed E-state index contributed by atoms with van der Waals surface area (Å²) in [4.78, 5) is 13.0. The van der Waals surface area contributed by atoms with Gasteiger partial charge in [0.2, 0.25) is 5.91 Å². The van der Waals surface area contributed by atoms with Gasteiger partial charge in [0.05, 0.1) is 5.25 Å². The van der Waals surface area contributed by atoms with Crippen molar-refractivity contribution >= 4 is 39.4 Å². The van der Waals surface area contributed by atoms with Crippen LogP contribution in [0.2, 0.25) is 0 Å². The Balaban J connectivity index is 1.98. The Morgan fingerprint density at radius 1 is 1.47 bits per heavy atom. The number of rotatable bonds is 4. The lowest BCUT2D eigenvalue weighted by atomic mass is 10.4. The van der Waals surface area contributed by atoms with Crippen LogP contribution in [0.4, 0.5) is 5.82 Å². The minimum atomic E-state index is -0.226. The van der Waals surface area contributed by atoms with Crippen molar-refractivity contribution in [2.45, 2.75) is 24.0 Å². The van der Waals surface area contributed by atoms with Crippen LogP contribution in [0, 0.1) is 6.92 Å². The monoisotopic (exact) mass is 340 g/mol. The SMILES string of the molecule is Cc1cc(NC(=O)[C@H](C)Sc2ccccc2Br)no1. The Morgan fingerprint density at radius 3 is 2.84 bits per heavy atom. The highest BCUT2D eigenvalue weighted by Gasteiger charge is 2.17. The van der Waals surface area contributed by atoms with Gasteiger partial charge in [-0.05, 0) is 41.9 Å². The van der Waals surface area contributed by atoms with Gasteiger partial charge in [-0.25, -0.2) is 0 Å². The van der Waals surface area contributed by atoms with Crippen LogP contribution in [0.3, 0.4) is 0 Å². The molecule has 1 atom stereocenters. The molecule has 0 fully saturated rings. The summed E-state index contributed by atoms with van der Waals surface area (Å²) in [5.74, 6) is 1.01. The average Bonchev–Trinajstić information content (AvgIpc) is 2.77. The number of hydrogen-bond donors (Lipinski definition) is 1. The van der Waals surface area contributed by atoms with Crippen LogP contribution < -0.4 is 5.32 Å². The smallest absolute Gasteiger partial charge is 0.238 e. The van der Waals surface area contributed by atoms with Crippen molar-refractivity contribution in [1.29, 1.82) is 0 Å². The Kier molecular flexibility index (Phi) is 4.66. The molecule has 0 aliphatic rings. The standard InChI is InChI=1S/C13H13BrN2O2S/c1-8-7-12(16-18-8)15-13(17)9(2)19-11-6-4-3-5-10(11)14/h3-7,9H,1-2H3,(H,15,16,17)/t9-/m0/s1. The van der Waals surface area contributed by atoms with Crippen molar-refractivity contribution in [3.63, 3.8) is 0 Å². The second-order valence-corrected chi connectivity index (χ2v) is 6.24. The molecule has 2 rings (SSSR count). The van der Waals surface area contributed by atoms with E-state index in [4.69, 9.17) is 4.52 Å². The zero-order valence-electron chi connectivity index (χ0n) is 10.5. The first-order valence-corrected chi connectivity index (χ1v) is 7.39. The highest BCUT2D eigenvalue weighted by atomic mass is 79.9. The minimum absolute atomic E-state index is 0.103. The van der Waals surface area contributed by atoms with E-state index in [9.17, 15) is 4.79 Å². The van der Waals surface area contributed by atoms with Crippen LogP contribution in [0.15, 0.2) is 44.2 Å². The van der Waals surface area contributed by atoms with Gasteiger partial charge in [0, 0.05) is 15.4 Å². The Bertz CT molecular complexity index is 586. The summed E-state index contributed by atoms with van der Waals surface area (Å²) in [6.45, 7) is 3.63. The van der Waals surface area contributed by atoms with E-state index in [1.807, 2.05) is 31.2 Å². The number of nitrogens with zero attached hydrogens (tertiary/aromatic N) is 1. The molecule has 1 N–H and O–H groups in total. The summed E-state index contributed by atoms with van der Waals surface area (Å²) in [6, 6.07) is 9.50. The fraction of sp³-hybridized carbons (Fsp3) is 0.231. The van der Waals surface area contributed by atoms with Crippen LogP contribution in [0.1, 0.15) is 12.7 Å². The van der Waals surface area contributed by atoms with Gasteiger partial charge in [0.25, 0.3) is 0 Å². The lowest BCUT2D eigenvalue weighted by Crippen LogP contribution is -2.22. The summed E-state index contributed by atoms with van der Waals surface area (Å²) in [6.07, 6.45) is 0. The second-order valence-electron chi connectivity index (χ2n) is 4.00. The van der Waals surface area contributed by atoms with E-state index in [-0.39, 0.29) is 11.2 Å². The van der Waals surface area contributed by atoms with Gasteiger partial charge in [-0.15, -0.1) is 11.8 Å². The molecule has 19 heavy (non-hydrogen) atoms. The Labute approximate surface area is 124 Å². The molecule has 1 aromatic carbocycles. The van der Waals surface area contributed by atoms with Crippen LogP contribution >= 0.6 is 27.7 Å². The molecule has 0 spiro atoms. The highest BCUT2D eigenvalue weighted by Crippen LogP contribution is 2.30. The zero-order valence-corrected chi connectivity index (χ0v) is 12.9. The maximum Gasteiger partial charge on any atom is 0.238 e. The van der Waals surface area contributed by atoms with Gasteiger partial charge in [-0.1, -0.05) is 17.3 Å². The molecule has 0 saturated heterocycles. The molecular weight excluding hydrogens is 328 g/mol. The Morgan fingerprint density at radius 2 is 2.21 bits per heavy atom. The summed E-state index contributed by atoms with van der Waals surface area (Å²) < 4.78 is 5.89. The quantitative estimate of drug-likeness (QED) is 0.858. The van der Waals surface area contributed by atoms with Crippen LogP contribution in [-0.4, -0.2) is 16.3 Å². The molecule has 0 aliphatic heterocycles. The third-order valence-corrected chi connectivity index (χ3v) is 4.52. The molecule has 0 radical (unpaired) electrons. The van der Waals surface area contributed by atoms with E-state index in [2.05, 4.69) is 26.4 Å². The number of amides is 1. The van der Waals surface area contributed by atoms with Gasteiger partial charge < -0.3 is 9.84 Å².